The standard InChI is InChI=1S/C7H14ClNO/c1-2-3-4-6(9)7(10)5-8/h6H,2-5,9H2,1H3/t6-/m0/s1. The van der Waals surface area contributed by atoms with Crippen LogP contribution in [0.2, 0.25) is 0 Å². The van der Waals surface area contributed by atoms with Crippen LogP contribution in [0, 0.1) is 0 Å². The van der Waals surface area contributed by atoms with Gasteiger partial charge in [-0.15, -0.1) is 11.6 Å². The van der Waals surface area contributed by atoms with E-state index in [0.29, 0.717) is 0 Å². The van der Waals surface area contributed by atoms with Crippen LogP contribution in [0.1, 0.15) is 26.2 Å². The number of Topliss-reactive ketones (excluding diaryl/α,β-unsaturated/α-hetero) is 1. The van der Waals surface area contributed by atoms with Gasteiger partial charge in [0.1, 0.15) is 0 Å². The van der Waals surface area contributed by atoms with Crippen LogP contribution in [0.3, 0.4) is 0 Å². The fraction of sp³-hybridized carbons (Fsp3) is 0.857. The molecule has 0 saturated heterocycles. The maximum atomic E-state index is 10.8. The van der Waals surface area contributed by atoms with E-state index in [1.165, 1.54) is 0 Å². The number of nitrogens with two attached hydrogens (primary N) is 1. The minimum absolute atomic E-state index is 0.0462. The lowest BCUT2D eigenvalue weighted by atomic mass is 10.1. The molecule has 0 saturated carbocycles. The van der Waals surface area contributed by atoms with Gasteiger partial charge in [0.05, 0.1) is 11.9 Å². The van der Waals surface area contributed by atoms with E-state index in [4.69, 9.17) is 17.3 Å². The Labute approximate surface area is 66.7 Å². The second-order valence-corrected chi connectivity index (χ2v) is 2.62. The van der Waals surface area contributed by atoms with Crippen molar-refractivity contribution in [2.75, 3.05) is 5.88 Å². The third kappa shape index (κ3) is 3.85. The summed E-state index contributed by atoms with van der Waals surface area (Å²) in [6.45, 7) is 2.07. The summed E-state index contributed by atoms with van der Waals surface area (Å²) in [6, 6.07) is -0.336. The Morgan fingerprint density at radius 2 is 2.30 bits per heavy atom. The maximum Gasteiger partial charge on any atom is 0.164 e. The summed E-state index contributed by atoms with van der Waals surface area (Å²) in [6.07, 6.45) is 2.84. The molecule has 0 heterocycles. The zero-order chi connectivity index (χ0) is 7.98. The van der Waals surface area contributed by atoms with Gasteiger partial charge in [-0.25, -0.2) is 0 Å². The van der Waals surface area contributed by atoms with Gasteiger partial charge in [0, 0.05) is 0 Å². The third-order valence-corrected chi connectivity index (χ3v) is 1.68. The highest BCUT2D eigenvalue weighted by Gasteiger charge is 2.09. The minimum atomic E-state index is -0.336. The molecular weight excluding hydrogens is 150 g/mol. The lowest BCUT2D eigenvalue weighted by molar-refractivity contribution is -0.118. The summed E-state index contributed by atoms with van der Waals surface area (Å²) in [7, 11) is 0. The van der Waals surface area contributed by atoms with Gasteiger partial charge in [0.2, 0.25) is 0 Å². The molecule has 0 fully saturated rings. The lowest BCUT2D eigenvalue weighted by Gasteiger charge is -2.05. The first-order valence-electron chi connectivity index (χ1n) is 3.56. The zero-order valence-electron chi connectivity index (χ0n) is 6.27. The van der Waals surface area contributed by atoms with Crippen molar-refractivity contribution >= 4 is 17.4 Å². The Balaban J connectivity index is 3.41. The predicted octanol–water partition coefficient (Wildman–Crippen LogP) is 1.31. The van der Waals surface area contributed by atoms with Crippen molar-refractivity contribution in [3.8, 4) is 0 Å². The normalized spacial score (nSPS) is 13.1. The van der Waals surface area contributed by atoms with E-state index in [1.54, 1.807) is 0 Å². The predicted molar refractivity (Wildman–Crippen MR) is 43.2 cm³/mol. The molecular formula is C7H14ClNO. The molecule has 1 atom stereocenters. The Morgan fingerprint density at radius 1 is 1.70 bits per heavy atom. The molecule has 0 aliphatic rings. The molecule has 0 aromatic rings. The number of hydrogen-bond acceptors (Lipinski definition) is 2. The van der Waals surface area contributed by atoms with Crippen LogP contribution in [0.4, 0.5) is 0 Å². The topological polar surface area (TPSA) is 43.1 Å². The van der Waals surface area contributed by atoms with Crippen molar-refractivity contribution in [2.24, 2.45) is 5.73 Å². The molecule has 2 N–H and O–H groups in total. The summed E-state index contributed by atoms with van der Waals surface area (Å²) in [4.78, 5) is 10.8. The van der Waals surface area contributed by atoms with Crippen LogP contribution in [0.15, 0.2) is 0 Å². The molecule has 60 valence electrons. The molecule has 0 aromatic heterocycles. The first-order valence-corrected chi connectivity index (χ1v) is 4.10. The van der Waals surface area contributed by atoms with Crippen LogP contribution < -0.4 is 5.73 Å². The first-order chi connectivity index (χ1) is 4.72. The molecule has 0 radical (unpaired) electrons. The number of carbonyl (C=O) groups excluding carboxylic acids is 1. The van der Waals surface area contributed by atoms with Crippen LogP contribution in [0.25, 0.3) is 0 Å². The Hall–Kier alpha value is -0.0800. The first kappa shape index (κ1) is 9.92. The molecule has 0 aromatic carbocycles. The van der Waals surface area contributed by atoms with Gasteiger partial charge < -0.3 is 5.73 Å². The molecule has 0 spiro atoms. The van der Waals surface area contributed by atoms with Gasteiger partial charge in [-0.05, 0) is 6.42 Å². The van der Waals surface area contributed by atoms with Crippen LogP contribution in [-0.4, -0.2) is 17.7 Å². The smallest absolute Gasteiger partial charge is 0.164 e. The number of rotatable bonds is 5. The molecule has 0 unspecified atom stereocenters. The molecule has 2 nitrogen and oxygen atoms in total. The van der Waals surface area contributed by atoms with E-state index in [2.05, 4.69) is 6.92 Å². The SMILES string of the molecule is CCCC[C@H](N)C(=O)CCl. The quantitative estimate of drug-likeness (QED) is 0.622. The fourth-order valence-corrected chi connectivity index (χ4v) is 0.882. The molecule has 0 amide bonds. The third-order valence-electron chi connectivity index (χ3n) is 1.41. The van der Waals surface area contributed by atoms with E-state index in [0.717, 1.165) is 19.3 Å². The van der Waals surface area contributed by atoms with Crippen molar-refractivity contribution in [1.29, 1.82) is 0 Å². The molecule has 3 heteroatoms. The van der Waals surface area contributed by atoms with E-state index in [1.807, 2.05) is 0 Å². The Kier molecular flexibility index (Phi) is 5.64. The van der Waals surface area contributed by atoms with E-state index >= 15 is 0 Å². The average molecular weight is 164 g/mol. The van der Waals surface area contributed by atoms with Crippen LogP contribution >= 0.6 is 11.6 Å². The number of halogens is 1. The Bertz CT molecular complexity index is 106. The van der Waals surface area contributed by atoms with Crippen molar-refractivity contribution < 1.29 is 4.79 Å². The van der Waals surface area contributed by atoms with Gasteiger partial charge in [-0.3, -0.25) is 4.79 Å². The summed E-state index contributed by atoms with van der Waals surface area (Å²) in [5, 5.41) is 0. The summed E-state index contributed by atoms with van der Waals surface area (Å²) >= 11 is 5.30. The van der Waals surface area contributed by atoms with E-state index in [9.17, 15) is 4.79 Å². The summed E-state index contributed by atoms with van der Waals surface area (Å²) in [5.74, 6) is 0.000321. The number of ketones is 1. The fourth-order valence-electron chi connectivity index (χ4n) is 0.684. The molecule has 10 heavy (non-hydrogen) atoms. The van der Waals surface area contributed by atoms with Gasteiger partial charge in [-0.2, -0.15) is 0 Å². The molecule has 0 aliphatic heterocycles. The van der Waals surface area contributed by atoms with Crippen molar-refractivity contribution in [3.05, 3.63) is 0 Å². The number of unbranched alkanes of at least 4 members (excludes halogenated alkanes) is 1. The average Bonchev–Trinajstić information content (AvgIpc) is 1.98. The van der Waals surface area contributed by atoms with Gasteiger partial charge in [0.15, 0.2) is 5.78 Å². The number of hydrogen-bond donors (Lipinski definition) is 1. The van der Waals surface area contributed by atoms with Crippen LogP contribution in [0.5, 0.6) is 0 Å². The molecule has 0 rings (SSSR count). The van der Waals surface area contributed by atoms with E-state index in [-0.39, 0.29) is 17.7 Å². The van der Waals surface area contributed by atoms with E-state index < -0.39 is 0 Å². The van der Waals surface area contributed by atoms with Crippen molar-refractivity contribution in [3.63, 3.8) is 0 Å². The van der Waals surface area contributed by atoms with Gasteiger partial charge >= 0.3 is 0 Å². The lowest BCUT2D eigenvalue weighted by Crippen LogP contribution is -2.31. The highest BCUT2D eigenvalue weighted by atomic mass is 35.5. The summed E-state index contributed by atoms with van der Waals surface area (Å²) in [5.41, 5.74) is 5.48. The number of alkyl halides is 1. The van der Waals surface area contributed by atoms with Crippen molar-refractivity contribution in [2.45, 2.75) is 32.2 Å². The minimum Gasteiger partial charge on any atom is -0.321 e. The monoisotopic (exact) mass is 163 g/mol. The largest absolute Gasteiger partial charge is 0.321 e. The van der Waals surface area contributed by atoms with Crippen molar-refractivity contribution in [1.82, 2.24) is 0 Å². The maximum absolute atomic E-state index is 10.8. The van der Waals surface area contributed by atoms with Gasteiger partial charge in [-0.1, -0.05) is 19.8 Å². The second kappa shape index (κ2) is 5.69. The molecule has 0 aliphatic carbocycles. The Morgan fingerprint density at radius 3 is 2.70 bits per heavy atom. The van der Waals surface area contributed by atoms with Gasteiger partial charge in [0.25, 0.3) is 0 Å². The highest BCUT2D eigenvalue weighted by molar-refractivity contribution is 6.28. The second-order valence-electron chi connectivity index (χ2n) is 2.35. The molecule has 0 bridgehead atoms. The number of carbonyl (C=O) groups is 1. The zero-order valence-corrected chi connectivity index (χ0v) is 7.03. The summed E-state index contributed by atoms with van der Waals surface area (Å²) < 4.78 is 0. The van der Waals surface area contributed by atoms with Crippen LogP contribution in [-0.2, 0) is 4.79 Å². The highest BCUT2D eigenvalue weighted by Crippen LogP contribution is 1.99.